The number of hydrogen-bond acceptors (Lipinski definition) is 3. The second-order valence-electron chi connectivity index (χ2n) is 6.39. The Balaban J connectivity index is 1.78. The average molecular weight is 277 g/mol. The zero-order valence-electron chi connectivity index (χ0n) is 12.9. The monoisotopic (exact) mass is 277 g/mol. The minimum absolute atomic E-state index is 0.365. The Morgan fingerprint density at radius 3 is 2.55 bits per heavy atom. The van der Waals surface area contributed by atoms with E-state index in [1.54, 1.807) is 0 Å². The number of β-amino-alcohol motifs (C(OH)–C–C–N with tert-alkyl or cyclic N) is 1. The summed E-state index contributed by atoms with van der Waals surface area (Å²) in [6, 6.07) is 7.93. The molecular weight excluding hydrogens is 250 g/mol. The smallest absolute Gasteiger partial charge is 0.122 e. The molecule has 3 heteroatoms. The number of rotatable bonds is 5. The lowest BCUT2D eigenvalue weighted by Gasteiger charge is -2.35. The number of benzene rings is 1. The van der Waals surface area contributed by atoms with Gasteiger partial charge in [0, 0.05) is 19.6 Å². The normalized spacial score (nSPS) is 25.4. The molecule has 0 radical (unpaired) electrons. The van der Waals surface area contributed by atoms with Crippen molar-refractivity contribution in [2.45, 2.75) is 33.3 Å². The van der Waals surface area contributed by atoms with E-state index >= 15 is 0 Å². The molecule has 0 unspecified atom stereocenters. The topological polar surface area (TPSA) is 32.7 Å². The van der Waals surface area contributed by atoms with Gasteiger partial charge in [-0.25, -0.2) is 0 Å². The maximum Gasteiger partial charge on any atom is 0.122 e. The maximum atomic E-state index is 10.2. The SMILES string of the molecule is Cc1ccccc1OC[C@H](O)CN1C[C@H](C)C[C@@H](C)C1. The maximum absolute atomic E-state index is 10.2. The number of piperidine rings is 1. The lowest BCUT2D eigenvalue weighted by Crippen LogP contribution is -2.44. The standard InChI is InChI=1S/C17H27NO2/c1-13-8-14(2)10-18(9-13)11-16(19)12-20-17-7-5-4-6-15(17)3/h4-7,13-14,16,19H,8-12H2,1-3H3/t13-,14-,16-/m1/s1. The van der Waals surface area contributed by atoms with Crippen molar-refractivity contribution in [1.29, 1.82) is 0 Å². The lowest BCUT2D eigenvalue weighted by molar-refractivity contribution is 0.0427. The van der Waals surface area contributed by atoms with Crippen molar-refractivity contribution in [3.8, 4) is 5.75 Å². The van der Waals surface area contributed by atoms with Gasteiger partial charge in [-0.15, -0.1) is 0 Å². The van der Waals surface area contributed by atoms with Crippen LogP contribution in [0.4, 0.5) is 0 Å². The highest BCUT2D eigenvalue weighted by Gasteiger charge is 2.23. The third-order valence-electron chi connectivity index (χ3n) is 3.94. The molecule has 1 aromatic carbocycles. The Kier molecular flexibility index (Phi) is 5.44. The van der Waals surface area contributed by atoms with E-state index < -0.39 is 6.10 Å². The van der Waals surface area contributed by atoms with Gasteiger partial charge in [0.15, 0.2) is 0 Å². The van der Waals surface area contributed by atoms with Gasteiger partial charge >= 0.3 is 0 Å². The third kappa shape index (κ3) is 4.50. The van der Waals surface area contributed by atoms with Gasteiger partial charge in [0.05, 0.1) is 0 Å². The highest BCUT2D eigenvalue weighted by atomic mass is 16.5. The van der Waals surface area contributed by atoms with Crippen LogP contribution in [0.15, 0.2) is 24.3 Å². The van der Waals surface area contributed by atoms with Crippen LogP contribution in [0.5, 0.6) is 5.75 Å². The summed E-state index contributed by atoms with van der Waals surface area (Å²) in [4.78, 5) is 2.37. The molecule has 0 bridgehead atoms. The molecule has 1 N–H and O–H groups in total. The first-order valence-electron chi connectivity index (χ1n) is 7.63. The van der Waals surface area contributed by atoms with Crippen LogP contribution in [-0.2, 0) is 0 Å². The van der Waals surface area contributed by atoms with Crippen molar-refractivity contribution in [3.05, 3.63) is 29.8 Å². The molecule has 3 atom stereocenters. The molecule has 0 aliphatic carbocycles. The van der Waals surface area contributed by atoms with E-state index in [2.05, 4.69) is 18.7 Å². The predicted molar refractivity (Wildman–Crippen MR) is 82.1 cm³/mol. The van der Waals surface area contributed by atoms with Gasteiger partial charge in [-0.1, -0.05) is 32.0 Å². The molecule has 1 aliphatic rings. The summed E-state index contributed by atoms with van der Waals surface area (Å²) in [5.74, 6) is 2.32. The van der Waals surface area contributed by atoms with Crippen molar-refractivity contribution in [3.63, 3.8) is 0 Å². The minimum Gasteiger partial charge on any atom is -0.491 e. The number of ether oxygens (including phenoxy) is 1. The summed E-state index contributed by atoms with van der Waals surface area (Å²) in [7, 11) is 0. The van der Waals surface area contributed by atoms with Crippen LogP contribution in [-0.4, -0.2) is 42.4 Å². The average Bonchev–Trinajstić information content (AvgIpc) is 2.36. The molecule has 1 heterocycles. The number of aliphatic hydroxyl groups is 1. The van der Waals surface area contributed by atoms with Gasteiger partial charge in [0.2, 0.25) is 0 Å². The number of likely N-dealkylation sites (tertiary alicyclic amines) is 1. The van der Waals surface area contributed by atoms with Crippen molar-refractivity contribution in [2.75, 3.05) is 26.2 Å². The second-order valence-corrected chi connectivity index (χ2v) is 6.39. The van der Waals surface area contributed by atoms with Gasteiger partial charge in [-0.3, -0.25) is 0 Å². The van der Waals surface area contributed by atoms with Crippen LogP contribution >= 0.6 is 0 Å². The minimum atomic E-state index is -0.424. The summed E-state index contributed by atoms with van der Waals surface area (Å²) in [5, 5.41) is 10.2. The highest BCUT2D eigenvalue weighted by molar-refractivity contribution is 5.31. The molecule has 0 spiro atoms. The summed E-state index contributed by atoms with van der Waals surface area (Å²) in [6.45, 7) is 9.86. The molecule has 1 saturated heterocycles. The quantitative estimate of drug-likeness (QED) is 0.898. The lowest BCUT2D eigenvalue weighted by atomic mass is 9.92. The van der Waals surface area contributed by atoms with E-state index in [9.17, 15) is 5.11 Å². The van der Waals surface area contributed by atoms with Crippen molar-refractivity contribution < 1.29 is 9.84 Å². The van der Waals surface area contributed by atoms with Crippen LogP contribution in [0.3, 0.4) is 0 Å². The predicted octanol–water partition coefficient (Wildman–Crippen LogP) is 2.71. The zero-order chi connectivity index (χ0) is 14.5. The third-order valence-corrected chi connectivity index (χ3v) is 3.94. The summed E-state index contributed by atoms with van der Waals surface area (Å²) in [5.41, 5.74) is 1.11. The Bertz CT molecular complexity index is 411. The fourth-order valence-electron chi connectivity index (χ4n) is 3.20. The second kappa shape index (κ2) is 7.09. The van der Waals surface area contributed by atoms with Gasteiger partial charge in [0.25, 0.3) is 0 Å². The molecule has 1 fully saturated rings. The van der Waals surface area contributed by atoms with Gasteiger partial charge in [-0.05, 0) is 36.8 Å². The molecule has 1 aromatic rings. The highest BCUT2D eigenvalue weighted by Crippen LogP contribution is 2.21. The van der Waals surface area contributed by atoms with E-state index in [-0.39, 0.29) is 0 Å². The molecule has 3 nitrogen and oxygen atoms in total. The van der Waals surface area contributed by atoms with E-state index in [1.807, 2.05) is 31.2 Å². The van der Waals surface area contributed by atoms with Crippen LogP contribution < -0.4 is 4.74 Å². The fraction of sp³-hybridized carbons (Fsp3) is 0.647. The summed E-state index contributed by atoms with van der Waals surface area (Å²) >= 11 is 0. The van der Waals surface area contributed by atoms with Crippen molar-refractivity contribution in [2.24, 2.45) is 11.8 Å². The summed E-state index contributed by atoms with van der Waals surface area (Å²) < 4.78 is 5.72. The molecular formula is C17H27NO2. The molecule has 112 valence electrons. The molecule has 0 saturated carbocycles. The van der Waals surface area contributed by atoms with Crippen molar-refractivity contribution in [1.82, 2.24) is 4.90 Å². The van der Waals surface area contributed by atoms with Crippen LogP contribution in [0, 0.1) is 18.8 Å². The number of para-hydroxylation sites is 1. The number of aliphatic hydroxyl groups excluding tert-OH is 1. The Hall–Kier alpha value is -1.06. The van der Waals surface area contributed by atoms with Gasteiger partial charge in [0.1, 0.15) is 18.5 Å². The Labute approximate surface area is 122 Å². The first kappa shape index (κ1) is 15.3. The van der Waals surface area contributed by atoms with Gasteiger partial charge < -0.3 is 14.7 Å². The zero-order valence-corrected chi connectivity index (χ0v) is 12.9. The van der Waals surface area contributed by atoms with E-state index in [4.69, 9.17) is 4.74 Å². The van der Waals surface area contributed by atoms with E-state index in [1.165, 1.54) is 6.42 Å². The Morgan fingerprint density at radius 2 is 1.90 bits per heavy atom. The van der Waals surface area contributed by atoms with E-state index in [0.717, 1.165) is 36.2 Å². The van der Waals surface area contributed by atoms with Crippen LogP contribution in [0.2, 0.25) is 0 Å². The van der Waals surface area contributed by atoms with Crippen LogP contribution in [0.1, 0.15) is 25.8 Å². The van der Waals surface area contributed by atoms with E-state index in [0.29, 0.717) is 13.2 Å². The molecule has 0 amide bonds. The molecule has 1 aliphatic heterocycles. The molecule has 2 rings (SSSR count). The number of nitrogens with zero attached hydrogens (tertiary/aromatic N) is 1. The van der Waals surface area contributed by atoms with Gasteiger partial charge in [-0.2, -0.15) is 0 Å². The summed E-state index contributed by atoms with van der Waals surface area (Å²) in [6.07, 6.45) is 0.874. The number of hydrogen-bond donors (Lipinski definition) is 1. The number of aryl methyl sites for hydroxylation is 1. The fourth-order valence-corrected chi connectivity index (χ4v) is 3.20. The Morgan fingerprint density at radius 1 is 1.25 bits per heavy atom. The first-order chi connectivity index (χ1) is 9.54. The van der Waals surface area contributed by atoms with Crippen LogP contribution in [0.25, 0.3) is 0 Å². The largest absolute Gasteiger partial charge is 0.491 e. The first-order valence-corrected chi connectivity index (χ1v) is 7.63. The molecule has 20 heavy (non-hydrogen) atoms. The van der Waals surface area contributed by atoms with Crippen molar-refractivity contribution >= 4 is 0 Å². The molecule has 0 aromatic heterocycles.